The van der Waals surface area contributed by atoms with Crippen LogP contribution in [-0.4, -0.2) is 27.9 Å². The van der Waals surface area contributed by atoms with E-state index in [-0.39, 0.29) is 6.04 Å². The zero-order valence-corrected chi connectivity index (χ0v) is 13.6. The Bertz CT molecular complexity index is 569. The van der Waals surface area contributed by atoms with Crippen LogP contribution in [0.5, 0.6) is 17.2 Å². The first kappa shape index (κ1) is 15.7. The Labute approximate surface area is 129 Å². The van der Waals surface area contributed by atoms with Gasteiger partial charge in [0.15, 0.2) is 11.5 Å². The van der Waals surface area contributed by atoms with Gasteiger partial charge in [-0.1, -0.05) is 6.92 Å². The fourth-order valence-electron chi connectivity index (χ4n) is 2.40. The minimum atomic E-state index is 0.0657. The van der Waals surface area contributed by atoms with Gasteiger partial charge in [0.2, 0.25) is 5.75 Å². The van der Waals surface area contributed by atoms with Crippen molar-refractivity contribution in [3.05, 3.63) is 40.1 Å². The van der Waals surface area contributed by atoms with Gasteiger partial charge < -0.3 is 19.5 Å². The molecule has 0 bridgehead atoms. The number of rotatable bonds is 7. The van der Waals surface area contributed by atoms with Crippen molar-refractivity contribution in [2.24, 2.45) is 0 Å². The Balaban J connectivity index is 2.55. The lowest BCUT2D eigenvalue weighted by Gasteiger charge is -2.22. The lowest BCUT2D eigenvalue weighted by molar-refractivity contribution is 0.320. The van der Waals surface area contributed by atoms with Gasteiger partial charge in [-0.05, 0) is 41.1 Å². The third kappa shape index (κ3) is 3.14. The van der Waals surface area contributed by atoms with Gasteiger partial charge in [-0.25, -0.2) is 0 Å². The summed E-state index contributed by atoms with van der Waals surface area (Å²) in [6.07, 6.45) is 0. The van der Waals surface area contributed by atoms with Crippen LogP contribution in [0.25, 0.3) is 0 Å². The zero-order chi connectivity index (χ0) is 15.2. The second kappa shape index (κ2) is 7.33. The van der Waals surface area contributed by atoms with Crippen LogP contribution in [0.4, 0.5) is 0 Å². The SMILES string of the molecule is CCNC(c1ccsc1)c1ccc(OC)c(OC)c1OC. The molecule has 1 aromatic heterocycles. The van der Waals surface area contributed by atoms with Crippen LogP contribution in [-0.2, 0) is 0 Å². The third-order valence-electron chi connectivity index (χ3n) is 3.33. The molecule has 114 valence electrons. The summed E-state index contributed by atoms with van der Waals surface area (Å²) in [6, 6.07) is 6.11. The highest BCUT2D eigenvalue weighted by Crippen LogP contribution is 2.43. The van der Waals surface area contributed by atoms with Gasteiger partial charge in [0.05, 0.1) is 27.4 Å². The molecule has 0 aliphatic heterocycles. The maximum atomic E-state index is 5.59. The number of ether oxygens (including phenoxy) is 3. The molecule has 1 N–H and O–H groups in total. The predicted octanol–water partition coefficient (Wildman–Crippen LogP) is 3.47. The summed E-state index contributed by atoms with van der Waals surface area (Å²) in [5.74, 6) is 1.99. The van der Waals surface area contributed by atoms with Crippen LogP contribution < -0.4 is 19.5 Å². The Morgan fingerprint density at radius 1 is 1.05 bits per heavy atom. The topological polar surface area (TPSA) is 39.7 Å². The lowest BCUT2D eigenvalue weighted by atomic mass is 9.99. The van der Waals surface area contributed by atoms with E-state index in [2.05, 4.69) is 29.1 Å². The normalized spacial score (nSPS) is 12.0. The molecule has 2 aromatic rings. The number of thiophene rings is 1. The number of nitrogens with one attached hydrogen (secondary N) is 1. The maximum Gasteiger partial charge on any atom is 0.203 e. The summed E-state index contributed by atoms with van der Waals surface area (Å²) in [6.45, 7) is 2.95. The maximum absolute atomic E-state index is 5.59. The second-order valence-corrected chi connectivity index (χ2v) is 5.25. The van der Waals surface area contributed by atoms with E-state index < -0.39 is 0 Å². The summed E-state index contributed by atoms with van der Waals surface area (Å²) < 4.78 is 16.4. The van der Waals surface area contributed by atoms with Crippen LogP contribution in [0, 0.1) is 0 Å². The molecule has 1 atom stereocenters. The number of methoxy groups -OCH3 is 3. The molecule has 0 saturated carbocycles. The average molecular weight is 307 g/mol. The van der Waals surface area contributed by atoms with Crippen molar-refractivity contribution in [3.8, 4) is 17.2 Å². The monoisotopic (exact) mass is 307 g/mol. The Kier molecular flexibility index (Phi) is 5.47. The van der Waals surface area contributed by atoms with E-state index in [1.54, 1.807) is 32.7 Å². The molecule has 0 aliphatic rings. The molecular formula is C16H21NO3S. The minimum absolute atomic E-state index is 0.0657. The number of benzene rings is 1. The van der Waals surface area contributed by atoms with Crippen molar-refractivity contribution < 1.29 is 14.2 Å². The van der Waals surface area contributed by atoms with Gasteiger partial charge >= 0.3 is 0 Å². The summed E-state index contributed by atoms with van der Waals surface area (Å²) in [7, 11) is 4.89. The second-order valence-electron chi connectivity index (χ2n) is 4.47. The first-order valence-electron chi connectivity index (χ1n) is 6.81. The first-order valence-corrected chi connectivity index (χ1v) is 7.75. The van der Waals surface area contributed by atoms with Gasteiger partial charge in [0.1, 0.15) is 0 Å². The first-order chi connectivity index (χ1) is 10.3. The van der Waals surface area contributed by atoms with E-state index in [4.69, 9.17) is 14.2 Å². The average Bonchev–Trinajstić information content (AvgIpc) is 3.05. The largest absolute Gasteiger partial charge is 0.493 e. The molecule has 0 saturated heterocycles. The molecule has 1 unspecified atom stereocenters. The third-order valence-corrected chi connectivity index (χ3v) is 4.03. The van der Waals surface area contributed by atoms with E-state index in [9.17, 15) is 0 Å². The van der Waals surface area contributed by atoms with E-state index >= 15 is 0 Å². The van der Waals surface area contributed by atoms with Crippen LogP contribution in [0.15, 0.2) is 29.0 Å². The van der Waals surface area contributed by atoms with E-state index in [1.165, 1.54) is 5.56 Å². The van der Waals surface area contributed by atoms with Gasteiger partial charge in [0, 0.05) is 5.56 Å². The smallest absolute Gasteiger partial charge is 0.203 e. The van der Waals surface area contributed by atoms with Crippen LogP contribution in [0.1, 0.15) is 24.1 Å². The molecular weight excluding hydrogens is 286 g/mol. The summed E-state index contributed by atoms with van der Waals surface area (Å²) in [5, 5.41) is 7.71. The number of hydrogen-bond donors (Lipinski definition) is 1. The van der Waals surface area contributed by atoms with Crippen LogP contribution >= 0.6 is 11.3 Å². The summed E-state index contributed by atoms with van der Waals surface area (Å²) in [5.41, 5.74) is 2.25. The molecule has 4 nitrogen and oxygen atoms in total. The summed E-state index contributed by atoms with van der Waals surface area (Å²) in [4.78, 5) is 0. The van der Waals surface area contributed by atoms with Crippen molar-refractivity contribution in [3.63, 3.8) is 0 Å². The minimum Gasteiger partial charge on any atom is -0.493 e. The van der Waals surface area contributed by atoms with Crippen LogP contribution in [0.2, 0.25) is 0 Å². The molecule has 0 amide bonds. The molecule has 0 spiro atoms. The Hall–Kier alpha value is -1.72. The standard InChI is InChI=1S/C16H21NO3S/c1-5-17-14(11-8-9-21-10-11)12-6-7-13(18-2)16(20-4)15(12)19-3/h6-10,14,17H,5H2,1-4H3. The van der Waals surface area contributed by atoms with Crippen LogP contribution in [0.3, 0.4) is 0 Å². The lowest BCUT2D eigenvalue weighted by Crippen LogP contribution is -2.22. The zero-order valence-electron chi connectivity index (χ0n) is 12.8. The van der Waals surface area contributed by atoms with Gasteiger partial charge in [-0.3, -0.25) is 0 Å². The quantitative estimate of drug-likeness (QED) is 0.850. The van der Waals surface area contributed by atoms with E-state index in [0.717, 1.165) is 12.1 Å². The van der Waals surface area contributed by atoms with Crippen molar-refractivity contribution in [1.82, 2.24) is 5.32 Å². The van der Waals surface area contributed by atoms with Gasteiger partial charge in [0.25, 0.3) is 0 Å². The molecule has 21 heavy (non-hydrogen) atoms. The highest BCUT2D eigenvalue weighted by molar-refractivity contribution is 7.08. The highest BCUT2D eigenvalue weighted by Gasteiger charge is 2.23. The van der Waals surface area contributed by atoms with E-state index in [0.29, 0.717) is 17.2 Å². The van der Waals surface area contributed by atoms with Gasteiger partial charge in [-0.2, -0.15) is 11.3 Å². The highest BCUT2D eigenvalue weighted by atomic mass is 32.1. The molecule has 1 aromatic carbocycles. The molecule has 2 rings (SSSR count). The fraction of sp³-hybridized carbons (Fsp3) is 0.375. The Morgan fingerprint density at radius 3 is 2.33 bits per heavy atom. The molecule has 5 heteroatoms. The van der Waals surface area contributed by atoms with E-state index in [1.807, 2.05) is 12.1 Å². The number of hydrogen-bond acceptors (Lipinski definition) is 5. The Morgan fingerprint density at radius 2 is 1.81 bits per heavy atom. The van der Waals surface area contributed by atoms with Gasteiger partial charge in [-0.15, -0.1) is 0 Å². The molecule has 0 fully saturated rings. The van der Waals surface area contributed by atoms with Crippen molar-refractivity contribution in [1.29, 1.82) is 0 Å². The molecule has 0 aliphatic carbocycles. The van der Waals surface area contributed by atoms with Crippen molar-refractivity contribution in [2.45, 2.75) is 13.0 Å². The van der Waals surface area contributed by atoms with Crippen molar-refractivity contribution >= 4 is 11.3 Å². The molecule has 1 heterocycles. The summed E-state index contributed by atoms with van der Waals surface area (Å²) >= 11 is 1.68. The fourth-order valence-corrected chi connectivity index (χ4v) is 3.09. The molecule has 0 radical (unpaired) electrons. The van der Waals surface area contributed by atoms with Crippen molar-refractivity contribution in [2.75, 3.05) is 27.9 Å². The predicted molar refractivity (Wildman–Crippen MR) is 85.9 cm³/mol.